The van der Waals surface area contributed by atoms with Crippen LogP contribution >= 0.6 is 0 Å². The van der Waals surface area contributed by atoms with Crippen molar-refractivity contribution in [1.29, 1.82) is 0 Å². The van der Waals surface area contributed by atoms with E-state index in [1.807, 2.05) is 0 Å². The second-order valence-corrected chi connectivity index (χ2v) is 6.83. The Hall–Kier alpha value is -0.810. The Morgan fingerprint density at radius 3 is 2.38 bits per heavy atom. The van der Waals surface area contributed by atoms with Crippen LogP contribution in [0.15, 0.2) is 4.99 Å². The Balaban J connectivity index is 1.89. The molecule has 2 aliphatic rings. The first-order chi connectivity index (χ1) is 10.1. The van der Waals surface area contributed by atoms with Gasteiger partial charge in [-0.2, -0.15) is 0 Å². The standard InChI is InChI=1S/C16H32N4O/c1-13(2)15(19-6-4-14(3)5-7-19)12-18-16(17)20-8-10-21-11-9-20/h13-15H,4-12H2,1-3H3,(H2,17,18). The molecule has 0 aromatic carbocycles. The predicted octanol–water partition coefficient (Wildman–Crippen LogP) is 1.39. The minimum Gasteiger partial charge on any atom is -0.378 e. The van der Waals surface area contributed by atoms with Gasteiger partial charge in [0.05, 0.1) is 19.8 Å². The third-order valence-electron chi connectivity index (χ3n) is 4.83. The van der Waals surface area contributed by atoms with Gasteiger partial charge in [0.15, 0.2) is 5.96 Å². The predicted molar refractivity (Wildman–Crippen MR) is 87.5 cm³/mol. The van der Waals surface area contributed by atoms with E-state index in [2.05, 4.69) is 35.6 Å². The molecule has 0 radical (unpaired) electrons. The summed E-state index contributed by atoms with van der Waals surface area (Å²) in [6.45, 7) is 13.4. The van der Waals surface area contributed by atoms with Crippen molar-refractivity contribution < 1.29 is 4.74 Å². The number of ether oxygens (including phenoxy) is 1. The van der Waals surface area contributed by atoms with Crippen LogP contribution in [0, 0.1) is 11.8 Å². The molecule has 0 spiro atoms. The zero-order valence-corrected chi connectivity index (χ0v) is 13.9. The van der Waals surface area contributed by atoms with E-state index in [-0.39, 0.29) is 0 Å². The zero-order chi connectivity index (χ0) is 15.2. The van der Waals surface area contributed by atoms with Crippen molar-refractivity contribution in [3.8, 4) is 0 Å². The molecule has 2 fully saturated rings. The number of likely N-dealkylation sites (tertiary alicyclic amines) is 1. The molecular formula is C16H32N4O. The molecule has 2 rings (SSSR count). The smallest absolute Gasteiger partial charge is 0.191 e. The van der Waals surface area contributed by atoms with Gasteiger partial charge in [-0.25, -0.2) is 0 Å². The lowest BCUT2D eigenvalue weighted by Gasteiger charge is -2.38. The molecule has 5 nitrogen and oxygen atoms in total. The fraction of sp³-hybridized carbons (Fsp3) is 0.938. The van der Waals surface area contributed by atoms with E-state index in [4.69, 9.17) is 10.5 Å². The van der Waals surface area contributed by atoms with Gasteiger partial charge in [0.25, 0.3) is 0 Å². The number of nitrogens with zero attached hydrogens (tertiary/aromatic N) is 3. The van der Waals surface area contributed by atoms with Crippen molar-refractivity contribution in [2.24, 2.45) is 22.6 Å². The van der Waals surface area contributed by atoms with Gasteiger partial charge in [-0.3, -0.25) is 9.89 Å². The monoisotopic (exact) mass is 296 g/mol. The van der Waals surface area contributed by atoms with Crippen molar-refractivity contribution in [1.82, 2.24) is 9.80 Å². The summed E-state index contributed by atoms with van der Waals surface area (Å²) in [5.41, 5.74) is 6.15. The van der Waals surface area contributed by atoms with E-state index in [9.17, 15) is 0 Å². The number of aliphatic imine (C=N–C) groups is 1. The Morgan fingerprint density at radius 2 is 1.81 bits per heavy atom. The zero-order valence-electron chi connectivity index (χ0n) is 13.9. The molecule has 2 N–H and O–H groups in total. The topological polar surface area (TPSA) is 54.1 Å². The molecule has 1 atom stereocenters. The van der Waals surface area contributed by atoms with Gasteiger partial charge >= 0.3 is 0 Å². The van der Waals surface area contributed by atoms with Gasteiger partial charge in [0.2, 0.25) is 0 Å². The Morgan fingerprint density at radius 1 is 1.19 bits per heavy atom. The summed E-state index contributed by atoms with van der Waals surface area (Å²) in [6, 6.07) is 0.511. The Kier molecular flexibility index (Phi) is 6.30. The van der Waals surface area contributed by atoms with Crippen LogP contribution in [0.5, 0.6) is 0 Å². The highest BCUT2D eigenvalue weighted by molar-refractivity contribution is 5.78. The quantitative estimate of drug-likeness (QED) is 0.629. The molecular weight excluding hydrogens is 264 g/mol. The summed E-state index contributed by atoms with van der Waals surface area (Å²) < 4.78 is 5.36. The first-order valence-corrected chi connectivity index (χ1v) is 8.44. The number of morpholine rings is 1. The number of rotatable bonds is 4. The number of guanidine groups is 1. The lowest BCUT2D eigenvalue weighted by molar-refractivity contribution is 0.0671. The molecule has 0 aromatic heterocycles. The van der Waals surface area contributed by atoms with Crippen LogP contribution in [-0.2, 0) is 4.74 Å². The molecule has 2 heterocycles. The van der Waals surface area contributed by atoms with E-state index in [0.717, 1.165) is 38.8 Å². The highest BCUT2D eigenvalue weighted by Gasteiger charge is 2.25. The number of hydrogen-bond donors (Lipinski definition) is 1. The molecule has 2 saturated heterocycles. The van der Waals surface area contributed by atoms with Crippen molar-refractivity contribution >= 4 is 5.96 Å². The van der Waals surface area contributed by atoms with E-state index in [1.165, 1.54) is 25.9 Å². The van der Waals surface area contributed by atoms with Crippen molar-refractivity contribution in [3.05, 3.63) is 0 Å². The van der Waals surface area contributed by atoms with Gasteiger partial charge < -0.3 is 15.4 Å². The molecule has 0 aliphatic carbocycles. The van der Waals surface area contributed by atoms with Crippen LogP contribution in [0.3, 0.4) is 0 Å². The third kappa shape index (κ3) is 4.85. The summed E-state index contributed by atoms with van der Waals surface area (Å²) in [4.78, 5) is 9.44. The van der Waals surface area contributed by atoms with Crippen molar-refractivity contribution in [2.75, 3.05) is 45.9 Å². The van der Waals surface area contributed by atoms with Gasteiger partial charge in [-0.05, 0) is 37.8 Å². The first kappa shape index (κ1) is 16.6. The second kappa shape index (κ2) is 7.99. The number of nitrogens with two attached hydrogens (primary N) is 1. The molecule has 0 aromatic rings. The molecule has 5 heteroatoms. The summed E-state index contributed by atoms with van der Waals surface area (Å²) in [5.74, 6) is 2.17. The average Bonchev–Trinajstić information content (AvgIpc) is 2.49. The molecule has 0 saturated carbocycles. The van der Waals surface area contributed by atoms with E-state index < -0.39 is 0 Å². The molecule has 2 aliphatic heterocycles. The fourth-order valence-corrected chi connectivity index (χ4v) is 3.19. The van der Waals surface area contributed by atoms with Gasteiger partial charge in [0, 0.05) is 19.1 Å². The average molecular weight is 296 g/mol. The van der Waals surface area contributed by atoms with E-state index in [0.29, 0.717) is 17.9 Å². The van der Waals surface area contributed by atoms with Crippen molar-refractivity contribution in [3.63, 3.8) is 0 Å². The van der Waals surface area contributed by atoms with E-state index >= 15 is 0 Å². The number of hydrogen-bond acceptors (Lipinski definition) is 3. The third-order valence-corrected chi connectivity index (χ3v) is 4.83. The number of piperidine rings is 1. The van der Waals surface area contributed by atoms with Crippen LogP contribution in [0.1, 0.15) is 33.6 Å². The van der Waals surface area contributed by atoms with E-state index in [1.54, 1.807) is 0 Å². The first-order valence-electron chi connectivity index (χ1n) is 8.44. The van der Waals surface area contributed by atoms with Gasteiger partial charge in [-0.15, -0.1) is 0 Å². The highest BCUT2D eigenvalue weighted by atomic mass is 16.5. The lowest BCUT2D eigenvalue weighted by Crippen LogP contribution is -2.47. The van der Waals surface area contributed by atoms with Gasteiger partial charge in [0.1, 0.15) is 0 Å². The highest BCUT2D eigenvalue weighted by Crippen LogP contribution is 2.21. The summed E-state index contributed by atoms with van der Waals surface area (Å²) in [5, 5.41) is 0. The van der Waals surface area contributed by atoms with Crippen LogP contribution in [0.25, 0.3) is 0 Å². The second-order valence-electron chi connectivity index (χ2n) is 6.83. The molecule has 1 unspecified atom stereocenters. The maximum Gasteiger partial charge on any atom is 0.191 e. The molecule has 21 heavy (non-hydrogen) atoms. The normalized spacial score (nSPS) is 24.6. The minimum absolute atomic E-state index is 0.511. The SMILES string of the molecule is CC1CCN(C(CN=C(N)N2CCOCC2)C(C)C)CC1. The summed E-state index contributed by atoms with van der Waals surface area (Å²) in [6.07, 6.45) is 2.62. The summed E-state index contributed by atoms with van der Waals surface area (Å²) >= 11 is 0. The molecule has 0 bridgehead atoms. The Labute approximate surface area is 129 Å². The fourth-order valence-electron chi connectivity index (χ4n) is 3.19. The van der Waals surface area contributed by atoms with Crippen LogP contribution in [0.4, 0.5) is 0 Å². The molecule has 122 valence electrons. The summed E-state index contributed by atoms with van der Waals surface area (Å²) in [7, 11) is 0. The minimum atomic E-state index is 0.511. The van der Waals surface area contributed by atoms with Crippen LogP contribution in [-0.4, -0.2) is 67.7 Å². The van der Waals surface area contributed by atoms with Crippen molar-refractivity contribution in [2.45, 2.75) is 39.7 Å². The maximum absolute atomic E-state index is 6.15. The largest absolute Gasteiger partial charge is 0.378 e. The van der Waals surface area contributed by atoms with Gasteiger partial charge in [-0.1, -0.05) is 20.8 Å². The lowest BCUT2D eigenvalue weighted by atomic mass is 9.94. The Bertz CT molecular complexity index is 331. The van der Waals surface area contributed by atoms with Crippen LogP contribution in [0.2, 0.25) is 0 Å². The van der Waals surface area contributed by atoms with Crippen LogP contribution < -0.4 is 5.73 Å². The maximum atomic E-state index is 6.15. The molecule has 0 amide bonds.